The third-order valence-electron chi connectivity index (χ3n) is 3.71. The van der Waals surface area contributed by atoms with E-state index in [1.807, 2.05) is 12.1 Å². The van der Waals surface area contributed by atoms with Crippen LogP contribution in [-0.2, 0) is 6.54 Å². The lowest BCUT2D eigenvalue weighted by Gasteiger charge is -2.27. The second kappa shape index (κ2) is 6.11. The summed E-state index contributed by atoms with van der Waals surface area (Å²) >= 11 is 3.35. The number of hydrogen-bond acceptors (Lipinski definition) is 4. The molecule has 1 fully saturated rings. The number of rotatable bonds is 6. The average molecular weight is 329 g/mol. The van der Waals surface area contributed by atoms with E-state index in [1.54, 1.807) is 7.11 Å². The molecule has 1 unspecified atom stereocenters. The van der Waals surface area contributed by atoms with Crippen LogP contribution in [0.5, 0.6) is 11.5 Å². The van der Waals surface area contributed by atoms with E-state index in [9.17, 15) is 5.11 Å². The van der Waals surface area contributed by atoms with E-state index in [0.29, 0.717) is 22.8 Å². The molecule has 106 valence electrons. The minimum atomic E-state index is 0.145. The van der Waals surface area contributed by atoms with Crippen molar-refractivity contribution >= 4 is 15.9 Å². The molecule has 0 amide bonds. The summed E-state index contributed by atoms with van der Waals surface area (Å²) in [6, 6.07) is 4.24. The topological polar surface area (TPSA) is 58.7 Å². The molecule has 19 heavy (non-hydrogen) atoms. The molecular weight excluding hydrogens is 308 g/mol. The molecule has 0 heterocycles. The number of phenols is 1. The van der Waals surface area contributed by atoms with Crippen LogP contribution >= 0.6 is 15.9 Å². The van der Waals surface area contributed by atoms with Gasteiger partial charge in [-0.15, -0.1) is 0 Å². The predicted molar refractivity (Wildman–Crippen MR) is 79.4 cm³/mol. The highest BCUT2D eigenvalue weighted by molar-refractivity contribution is 9.10. The van der Waals surface area contributed by atoms with Crippen LogP contribution in [0.4, 0.5) is 0 Å². The third-order valence-corrected chi connectivity index (χ3v) is 4.32. The smallest absolute Gasteiger partial charge is 0.172 e. The summed E-state index contributed by atoms with van der Waals surface area (Å²) in [6.07, 6.45) is 2.57. The summed E-state index contributed by atoms with van der Waals surface area (Å²) in [5.41, 5.74) is 6.96. The van der Waals surface area contributed by atoms with Gasteiger partial charge in [0.15, 0.2) is 11.5 Å². The monoisotopic (exact) mass is 328 g/mol. The summed E-state index contributed by atoms with van der Waals surface area (Å²) < 4.78 is 5.83. The molecule has 1 aromatic rings. The van der Waals surface area contributed by atoms with Crippen molar-refractivity contribution in [3.05, 3.63) is 22.2 Å². The molecule has 1 aliphatic carbocycles. The Balaban J connectivity index is 2.11. The van der Waals surface area contributed by atoms with Crippen LogP contribution in [0.2, 0.25) is 0 Å². The van der Waals surface area contributed by atoms with E-state index in [-0.39, 0.29) is 5.75 Å². The van der Waals surface area contributed by atoms with Crippen LogP contribution in [0, 0.1) is 5.92 Å². The zero-order valence-electron chi connectivity index (χ0n) is 11.4. The lowest BCUT2D eigenvalue weighted by atomic mass is 10.1. The second-order valence-corrected chi connectivity index (χ2v) is 6.04. The maximum Gasteiger partial charge on any atom is 0.172 e. The Morgan fingerprint density at radius 1 is 1.53 bits per heavy atom. The van der Waals surface area contributed by atoms with Crippen LogP contribution < -0.4 is 10.5 Å². The zero-order chi connectivity index (χ0) is 14.0. The van der Waals surface area contributed by atoms with E-state index >= 15 is 0 Å². The fraction of sp³-hybridized carbons (Fsp3) is 0.571. The van der Waals surface area contributed by atoms with Gasteiger partial charge in [-0.1, -0.05) is 0 Å². The first-order chi connectivity index (χ1) is 9.06. The number of benzene rings is 1. The molecule has 1 atom stereocenters. The van der Waals surface area contributed by atoms with Gasteiger partial charge in [-0.3, -0.25) is 4.90 Å². The Bertz CT molecular complexity index is 449. The van der Waals surface area contributed by atoms with Crippen LogP contribution in [0.1, 0.15) is 18.4 Å². The van der Waals surface area contributed by atoms with E-state index in [0.717, 1.165) is 18.0 Å². The fourth-order valence-corrected chi connectivity index (χ4v) is 2.98. The normalized spacial score (nSPS) is 16.7. The quantitative estimate of drug-likeness (QED) is 0.841. The summed E-state index contributed by atoms with van der Waals surface area (Å²) in [4.78, 5) is 2.29. The number of phenolic OH excluding ortho intramolecular Hbond substituents is 1. The molecule has 0 bridgehead atoms. The maximum atomic E-state index is 9.80. The summed E-state index contributed by atoms with van der Waals surface area (Å²) in [7, 11) is 3.66. The molecule has 1 saturated carbocycles. The minimum Gasteiger partial charge on any atom is -0.503 e. The van der Waals surface area contributed by atoms with Gasteiger partial charge in [0, 0.05) is 19.1 Å². The van der Waals surface area contributed by atoms with Gasteiger partial charge in [0.05, 0.1) is 11.6 Å². The lowest BCUT2D eigenvalue weighted by molar-refractivity contribution is 0.215. The number of methoxy groups -OCH3 is 1. The maximum absolute atomic E-state index is 9.80. The summed E-state index contributed by atoms with van der Waals surface area (Å²) in [5, 5.41) is 9.80. The van der Waals surface area contributed by atoms with Crippen molar-refractivity contribution in [2.24, 2.45) is 11.7 Å². The number of hydrogen-bond donors (Lipinski definition) is 2. The highest BCUT2D eigenvalue weighted by Crippen LogP contribution is 2.37. The SMILES string of the molecule is COc1cc(CN(C)C(CN)C2CC2)cc(Br)c1O. The van der Waals surface area contributed by atoms with E-state index in [1.165, 1.54) is 12.8 Å². The molecule has 1 aromatic carbocycles. The Morgan fingerprint density at radius 3 is 2.74 bits per heavy atom. The molecular formula is C14H21BrN2O2. The van der Waals surface area contributed by atoms with Crippen molar-refractivity contribution in [2.75, 3.05) is 20.7 Å². The highest BCUT2D eigenvalue weighted by atomic mass is 79.9. The van der Waals surface area contributed by atoms with E-state index < -0.39 is 0 Å². The number of halogens is 1. The molecule has 2 rings (SSSR count). The molecule has 0 radical (unpaired) electrons. The number of nitrogens with two attached hydrogens (primary N) is 1. The van der Waals surface area contributed by atoms with Gasteiger partial charge in [0.2, 0.25) is 0 Å². The highest BCUT2D eigenvalue weighted by Gasteiger charge is 2.32. The molecule has 0 aromatic heterocycles. The van der Waals surface area contributed by atoms with Gasteiger partial charge in [-0.2, -0.15) is 0 Å². The van der Waals surface area contributed by atoms with Crippen molar-refractivity contribution in [3.63, 3.8) is 0 Å². The van der Waals surface area contributed by atoms with Crippen molar-refractivity contribution < 1.29 is 9.84 Å². The Morgan fingerprint density at radius 2 is 2.21 bits per heavy atom. The van der Waals surface area contributed by atoms with Crippen molar-refractivity contribution in [1.29, 1.82) is 0 Å². The fourth-order valence-electron chi connectivity index (χ4n) is 2.49. The number of likely N-dealkylation sites (N-methyl/N-ethyl adjacent to an activating group) is 1. The lowest BCUT2D eigenvalue weighted by Crippen LogP contribution is -2.39. The molecule has 0 saturated heterocycles. The molecule has 1 aliphatic rings. The van der Waals surface area contributed by atoms with Crippen LogP contribution in [0.25, 0.3) is 0 Å². The minimum absolute atomic E-state index is 0.145. The van der Waals surface area contributed by atoms with Gasteiger partial charge < -0.3 is 15.6 Å². The Hall–Kier alpha value is -0.780. The number of ether oxygens (including phenoxy) is 1. The van der Waals surface area contributed by atoms with E-state index in [2.05, 4.69) is 27.9 Å². The van der Waals surface area contributed by atoms with Crippen LogP contribution in [-0.4, -0.2) is 36.8 Å². The van der Waals surface area contributed by atoms with E-state index in [4.69, 9.17) is 10.5 Å². The van der Waals surface area contributed by atoms with Gasteiger partial charge in [-0.25, -0.2) is 0 Å². The Labute approximate surface area is 122 Å². The van der Waals surface area contributed by atoms with Gasteiger partial charge >= 0.3 is 0 Å². The first kappa shape index (κ1) is 14.6. The third kappa shape index (κ3) is 3.41. The summed E-state index contributed by atoms with van der Waals surface area (Å²) in [5.74, 6) is 1.39. The van der Waals surface area contributed by atoms with Crippen molar-refractivity contribution in [1.82, 2.24) is 4.90 Å². The van der Waals surface area contributed by atoms with Crippen LogP contribution in [0.15, 0.2) is 16.6 Å². The van der Waals surface area contributed by atoms with Crippen molar-refractivity contribution in [3.8, 4) is 11.5 Å². The first-order valence-electron chi connectivity index (χ1n) is 6.52. The Kier molecular flexibility index (Phi) is 4.71. The van der Waals surface area contributed by atoms with Gasteiger partial charge in [0.25, 0.3) is 0 Å². The average Bonchev–Trinajstić information content (AvgIpc) is 3.19. The molecule has 3 N–H and O–H groups in total. The second-order valence-electron chi connectivity index (χ2n) is 5.18. The number of aromatic hydroxyl groups is 1. The van der Waals surface area contributed by atoms with Gasteiger partial charge in [0.1, 0.15) is 0 Å². The summed E-state index contributed by atoms with van der Waals surface area (Å²) in [6.45, 7) is 1.49. The van der Waals surface area contributed by atoms with Gasteiger partial charge in [-0.05, 0) is 59.4 Å². The zero-order valence-corrected chi connectivity index (χ0v) is 13.0. The molecule has 0 spiro atoms. The predicted octanol–water partition coefficient (Wildman–Crippen LogP) is 2.33. The van der Waals surface area contributed by atoms with Crippen LogP contribution in [0.3, 0.4) is 0 Å². The molecule has 5 heteroatoms. The molecule has 4 nitrogen and oxygen atoms in total. The largest absolute Gasteiger partial charge is 0.503 e. The molecule has 0 aliphatic heterocycles. The standard InChI is InChI=1S/C14H21BrN2O2/c1-17(12(7-16)10-3-4-10)8-9-5-11(15)14(18)13(6-9)19-2/h5-6,10,12,18H,3-4,7-8,16H2,1-2H3. The number of nitrogens with zero attached hydrogens (tertiary/aromatic N) is 1. The van der Waals surface area contributed by atoms with Crippen molar-refractivity contribution in [2.45, 2.75) is 25.4 Å². The first-order valence-corrected chi connectivity index (χ1v) is 7.31.